The summed E-state index contributed by atoms with van der Waals surface area (Å²) < 4.78 is 0. The minimum atomic E-state index is 0.882. The summed E-state index contributed by atoms with van der Waals surface area (Å²) in [6.07, 6.45) is 10.3. The molecule has 1 saturated heterocycles. The molecular weight excluding hydrogens is 196 g/mol. The van der Waals surface area contributed by atoms with Crippen molar-refractivity contribution in [1.82, 2.24) is 10.6 Å². The van der Waals surface area contributed by atoms with Crippen molar-refractivity contribution in [2.75, 3.05) is 19.6 Å². The summed E-state index contributed by atoms with van der Waals surface area (Å²) in [7, 11) is 0. The monoisotopic (exact) mass is 222 g/mol. The van der Waals surface area contributed by atoms with Gasteiger partial charge >= 0.3 is 0 Å². The lowest BCUT2D eigenvalue weighted by molar-refractivity contribution is 0.213. The van der Waals surface area contributed by atoms with Crippen LogP contribution in [-0.4, -0.2) is 25.7 Å². The third-order valence-electron chi connectivity index (χ3n) is 4.89. The van der Waals surface area contributed by atoms with Gasteiger partial charge in [-0.25, -0.2) is 0 Å². The topological polar surface area (TPSA) is 24.1 Å². The maximum Gasteiger partial charge on any atom is 0.00683 e. The molecule has 92 valence electrons. The van der Waals surface area contributed by atoms with Gasteiger partial charge in [0.1, 0.15) is 0 Å². The van der Waals surface area contributed by atoms with Crippen molar-refractivity contribution in [3.63, 3.8) is 0 Å². The van der Waals surface area contributed by atoms with Crippen LogP contribution in [-0.2, 0) is 0 Å². The number of hydrogen-bond donors (Lipinski definition) is 2. The Morgan fingerprint density at radius 1 is 0.938 bits per heavy atom. The third kappa shape index (κ3) is 2.60. The second kappa shape index (κ2) is 5.05. The molecule has 0 spiro atoms. The van der Waals surface area contributed by atoms with E-state index in [0.717, 1.165) is 23.8 Å². The molecule has 2 saturated carbocycles. The predicted octanol–water partition coefficient (Wildman–Crippen LogP) is 2.15. The van der Waals surface area contributed by atoms with Gasteiger partial charge in [0, 0.05) is 6.04 Å². The lowest BCUT2D eigenvalue weighted by Crippen LogP contribution is -2.33. The zero-order valence-electron chi connectivity index (χ0n) is 10.4. The van der Waals surface area contributed by atoms with Crippen molar-refractivity contribution in [3.05, 3.63) is 0 Å². The van der Waals surface area contributed by atoms with Crippen molar-refractivity contribution in [2.45, 2.75) is 51.0 Å². The molecule has 3 aliphatic rings. The van der Waals surface area contributed by atoms with E-state index in [1.807, 2.05) is 0 Å². The number of nitrogens with one attached hydrogen (secondary N) is 2. The van der Waals surface area contributed by atoms with Crippen LogP contribution in [0.25, 0.3) is 0 Å². The first kappa shape index (κ1) is 11.0. The molecule has 0 amide bonds. The van der Waals surface area contributed by atoms with E-state index in [1.165, 1.54) is 64.6 Å². The maximum atomic E-state index is 3.73. The summed E-state index contributed by atoms with van der Waals surface area (Å²) in [5, 5.41) is 7.35. The zero-order chi connectivity index (χ0) is 10.8. The molecule has 0 radical (unpaired) electrons. The van der Waals surface area contributed by atoms with Crippen molar-refractivity contribution >= 4 is 0 Å². The minimum Gasteiger partial charge on any atom is -0.316 e. The van der Waals surface area contributed by atoms with E-state index in [9.17, 15) is 0 Å². The molecule has 3 rings (SSSR count). The summed E-state index contributed by atoms with van der Waals surface area (Å²) in [4.78, 5) is 0. The first-order valence-corrected chi connectivity index (χ1v) is 7.37. The van der Waals surface area contributed by atoms with E-state index in [0.29, 0.717) is 0 Å². The van der Waals surface area contributed by atoms with Crippen molar-refractivity contribution in [3.8, 4) is 0 Å². The van der Waals surface area contributed by atoms with Crippen LogP contribution in [0.5, 0.6) is 0 Å². The molecule has 0 aromatic rings. The number of hydrogen-bond acceptors (Lipinski definition) is 2. The minimum absolute atomic E-state index is 0.882. The lowest BCUT2D eigenvalue weighted by atomic mass is 9.75. The summed E-state index contributed by atoms with van der Waals surface area (Å²) >= 11 is 0. The van der Waals surface area contributed by atoms with Crippen LogP contribution in [0.4, 0.5) is 0 Å². The highest BCUT2D eigenvalue weighted by Crippen LogP contribution is 2.35. The molecule has 2 nitrogen and oxygen atoms in total. The Hall–Kier alpha value is -0.0800. The molecule has 1 aliphatic heterocycles. The van der Waals surface area contributed by atoms with Gasteiger partial charge in [-0.1, -0.05) is 32.1 Å². The third-order valence-corrected chi connectivity index (χ3v) is 4.89. The zero-order valence-corrected chi connectivity index (χ0v) is 10.4. The van der Waals surface area contributed by atoms with E-state index >= 15 is 0 Å². The van der Waals surface area contributed by atoms with Crippen LogP contribution in [0, 0.1) is 17.8 Å². The van der Waals surface area contributed by atoms with Gasteiger partial charge in [0.2, 0.25) is 0 Å². The SMILES string of the molecule is C1CCC(C2CNCC2CNC2CC2)CC1. The highest BCUT2D eigenvalue weighted by atomic mass is 15.0. The normalized spacial score (nSPS) is 36.8. The summed E-state index contributed by atoms with van der Waals surface area (Å²) in [6.45, 7) is 3.83. The average Bonchev–Trinajstić information content (AvgIpc) is 3.05. The molecule has 2 N–H and O–H groups in total. The number of rotatable bonds is 4. The molecule has 2 aliphatic carbocycles. The first-order chi connectivity index (χ1) is 7.93. The van der Waals surface area contributed by atoms with Gasteiger partial charge in [-0.2, -0.15) is 0 Å². The van der Waals surface area contributed by atoms with Crippen LogP contribution in [0.1, 0.15) is 44.9 Å². The van der Waals surface area contributed by atoms with Crippen molar-refractivity contribution in [1.29, 1.82) is 0 Å². The quantitative estimate of drug-likeness (QED) is 0.761. The van der Waals surface area contributed by atoms with Gasteiger partial charge < -0.3 is 10.6 Å². The second-order valence-corrected chi connectivity index (χ2v) is 6.16. The van der Waals surface area contributed by atoms with Gasteiger partial charge in [0.15, 0.2) is 0 Å². The van der Waals surface area contributed by atoms with E-state index in [-0.39, 0.29) is 0 Å². The fraction of sp³-hybridized carbons (Fsp3) is 1.00. The van der Waals surface area contributed by atoms with Gasteiger partial charge in [-0.15, -0.1) is 0 Å². The van der Waals surface area contributed by atoms with E-state index in [4.69, 9.17) is 0 Å². The molecule has 2 unspecified atom stereocenters. The van der Waals surface area contributed by atoms with Crippen LogP contribution >= 0.6 is 0 Å². The molecule has 3 fully saturated rings. The largest absolute Gasteiger partial charge is 0.316 e. The van der Waals surface area contributed by atoms with Gasteiger partial charge in [-0.3, -0.25) is 0 Å². The molecular formula is C14H26N2. The van der Waals surface area contributed by atoms with E-state index < -0.39 is 0 Å². The Labute approximate surface area is 99.6 Å². The molecule has 0 bridgehead atoms. The highest BCUT2D eigenvalue weighted by molar-refractivity contribution is 4.90. The van der Waals surface area contributed by atoms with Gasteiger partial charge in [0.05, 0.1) is 0 Å². The van der Waals surface area contributed by atoms with Gasteiger partial charge in [-0.05, 0) is 50.2 Å². The standard InChI is InChI=1S/C14H26N2/c1-2-4-11(5-3-1)14-10-15-8-12(14)9-16-13-6-7-13/h11-16H,1-10H2. The second-order valence-electron chi connectivity index (χ2n) is 6.16. The molecule has 16 heavy (non-hydrogen) atoms. The molecule has 1 heterocycles. The highest BCUT2D eigenvalue weighted by Gasteiger charge is 2.34. The fourth-order valence-electron chi connectivity index (χ4n) is 3.70. The van der Waals surface area contributed by atoms with Gasteiger partial charge in [0.25, 0.3) is 0 Å². The van der Waals surface area contributed by atoms with Crippen LogP contribution < -0.4 is 10.6 Å². The van der Waals surface area contributed by atoms with Crippen LogP contribution in [0.2, 0.25) is 0 Å². The van der Waals surface area contributed by atoms with Crippen molar-refractivity contribution in [2.24, 2.45) is 17.8 Å². The summed E-state index contributed by atoms with van der Waals surface area (Å²) in [5.74, 6) is 2.94. The Balaban J connectivity index is 1.50. The van der Waals surface area contributed by atoms with Crippen LogP contribution in [0.3, 0.4) is 0 Å². The fourth-order valence-corrected chi connectivity index (χ4v) is 3.70. The van der Waals surface area contributed by atoms with Crippen molar-refractivity contribution < 1.29 is 0 Å². The van der Waals surface area contributed by atoms with Crippen LogP contribution in [0.15, 0.2) is 0 Å². The molecule has 2 heteroatoms. The Kier molecular flexibility index (Phi) is 3.49. The summed E-state index contributed by atoms with van der Waals surface area (Å²) in [5.41, 5.74) is 0. The summed E-state index contributed by atoms with van der Waals surface area (Å²) in [6, 6.07) is 0.882. The Morgan fingerprint density at radius 3 is 2.50 bits per heavy atom. The van der Waals surface area contributed by atoms with E-state index in [2.05, 4.69) is 10.6 Å². The Morgan fingerprint density at radius 2 is 1.75 bits per heavy atom. The average molecular weight is 222 g/mol. The lowest BCUT2D eigenvalue weighted by Gasteiger charge is -2.31. The predicted molar refractivity (Wildman–Crippen MR) is 67.4 cm³/mol. The maximum absolute atomic E-state index is 3.73. The Bertz CT molecular complexity index is 219. The molecule has 2 atom stereocenters. The molecule has 0 aromatic carbocycles. The first-order valence-electron chi connectivity index (χ1n) is 7.37. The van der Waals surface area contributed by atoms with E-state index in [1.54, 1.807) is 0 Å². The molecule has 0 aromatic heterocycles. The smallest absolute Gasteiger partial charge is 0.00683 e.